The van der Waals surface area contributed by atoms with E-state index in [4.69, 9.17) is 21.1 Å². The van der Waals surface area contributed by atoms with Crippen LogP contribution in [-0.4, -0.2) is 34.1 Å². The molecule has 0 spiro atoms. The summed E-state index contributed by atoms with van der Waals surface area (Å²) < 4.78 is 80.3. The Hall–Kier alpha value is -2.99. The summed E-state index contributed by atoms with van der Waals surface area (Å²) in [6.45, 7) is 1.18. The lowest BCUT2D eigenvalue weighted by atomic mass is 10.2. The van der Waals surface area contributed by atoms with Gasteiger partial charge in [0.1, 0.15) is 18.2 Å². The highest BCUT2D eigenvalue weighted by atomic mass is 35.5. The van der Waals surface area contributed by atoms with Gasteiger partial charge in [0.15, 0.2) is 17.4 Å². The van der Waals surface area contributed by atoms with E-state index >= 15 is 0 Å². The third-order valence-electron chi connectivity index (χ3n) is 5.33. The van der Waals surface area contributed by atoms with Crippen molar-refractivity contribution in [3.63, 3.8) is 0 Å². The first-order valence-electron chi connectivity index (χ1n) is 10.6. The van der Waals surface area contributed by atoms with Crippen LogP contribution in [0.4, 0.5) is 27.8 Å². The molecule has 36 heavy (non-hydrogen) atoms. The monoisotopic (exact) mass is 547 g/mol. The Labute approximate surface area is 211 Å². The van der Waals surface area contributed by atoms with Gasteiger partial charge < -0.3 is 14.4 Å². The van der Waals surface area contributed by atoms with Crippen LogP contribution < -0.4 is 20.1 Å². The molecule has 0 N–H and O–H groups in total. The Morgan fingerprint density at radius 1 is 1.08 bits per heavy atom. The van der Waals surface area contributed by atoms with E-state index in [1.54, 1.807) is 13.1 Å². The van der Waals surface area contributed by atoms with Crippen molar-refractivity contribution in [2.75, 3.05) is 29.5 Å². The highest BCUT2D eigenvalue weighted by Gasteiger charge is 2.33. The van der Waals surface area contributed by atoms with Gasteiger partial charge in [-0.2, -0.15) is 29.9 Å². The predicted octanol–water partition coefficient (Wildman–Crippen LogP) is 5.66. The van der Waals surface area contributed by atoms with Gasteiger partial charge in [-0.25, -0.2) is 13.6 Å². The third-order valence-corrected chi connectivity index (χ3v) is 6.60. The number of anilines is 1. The smallest absolute Gasteiger partial charge is 0.417 e. The second-order valence-corrected chi connectivity index (χ2v) is 9.44. The Balaban J connectivity index is 1.51. The first kappa shape index (κ1) is 26.1. The van der Waals surface area contributed by atoms with Gasteiger partial charge in [0.25, 0.3) is 0 Å². The fraction of sp³-hybridized carbons (Fsp3) is 0.304. The molecule has 0 amide bonds. The normalized spacial score (nSPS) is 14.1. The standard InChI is InChI=1S/C23H19ClF5N3O3S/c1-31-20(32-4-6-36-7-5-32)11-19(30-22(31)33)34-12-13-8-17(25)21(18(26)9-13)35-14-2-3-16(24)15(10-14)23(27,28)29/h2-3,8-11H,4-7,12H2,1H3. The van der Waals surface area contributed by atoms with Crippen molar-refractivity contribution in [1.82, 2.24) is 9.55 Å². The number of benzene rings is 2. The van der Waals surface area contributed by atoms with Crippen molar-refractivity contribution in [2.24, 2.45) is 7.05 Å². The van der Waals surface area contributed by atoms with Crippen molar-refractivity contribution < 1.29 is 31.4 Å². The van der Waals surface area contributed by atoms with Crippen molar-refractivity contribution in [3.8, 4) is 17.4 Å². The lowest BCUT2D eigenvalue weighted by molar-refractivity contribution is -0.137. The van der Waals surface area contributed by atoms with Crippen LogP contribution in [0.1, 0.15) is 11.1 Å². The molecule has 13 heteroatoms. The molecule has 2 aromatic carbocycles. The van der Waals surface area contributed by atoms with E-state index < -0.39 is 45.6 Å². The highest BCUT2D eigenvalue weighted by Crippen LogP contribution is 2.38. The highest BCUT2D eigenvalue weighted by molar-refractivity contribution is 7.99. The Morgan fingerprint density at radius 2 is 1.75 bits per heavy atom. The molecule has 0 aliphatic carbocycles. The molecule has 0 unspecified atom stereocenters. The lowest BCUT2D eigenvalue weighted by Gasteiger charge is -2.29. The maximum absolute atomic E-state index is 14.6. The molecule has 0 radical (unpaired) electrons. The largest absolute Gasteiger partial charge is 0.473 e. The zero-order valence-electron chi connectivity index (χ0n) is 18.7. The second kappa shape index (κ2) is 10.6. The number of thioether (sulfide) groups is 1. The predicted molar refractivity (Wildman–Crippen MR) is 126 cm³/mol. The molecule has 3 aromatic rings. The van der Waals surface area contributed by atoms with Gasteiger partial charge in [-0.05, 0) is 35.9 Å². The van der Waals surface area contributed by atoms with Crippen molar-refractivity contribution in [1.29, 1.82) is 0 Å². The number of aromatic nitrogens is 2. The summed E-state index contributed by atoms with van der Waals surface area (Å²) in [7, 11) is 1.60. The number of ether oxygens (including phenoxy) is 2. The first-order valence-corrected chi connectivity index (χ1v) is 12.1. The second-order valence-electron chi connectivity index (χ2n) is 7.81. The summed E-state index contributed by atoms with van der Waals surface area (Å²) in [5, 5.41) is -0.574. The van der Waals surface area contributed by atoms with Gasteiger partial charge in [0.2, 0.25) is 5.88 Å². The SMILES string of the molecule is Cn1c(N2CCSCC2)cc(OCc2cc(F)c(Oc3ccc(Cl)c(C(F)(F)F)c3)c(F)c2)nc1=O. The van der Waals surface area contributed by atoms with Gasteiger partial charge >= 0.3 is 11.9 Å². The van der Waals surface area contributed by atoms with Crippen LogP contribution in [0.2, 0.25) is 5.02 Å². The quantitative estimate of drug-likeness (QED) is 0.372. The molecule has 6 nitrogen and oxygen atoms in total. The van der Waals surface area contributed by atoms with Gasteiger partial charge in [-0.3, -0.25) is 4.57 Å². The van der Waals surface area contributed by atoms with Crippen LogP contribution in [0.3, 0.4) is 0 Å². The molecule has 2 heterocycles. The van der Waals surface area contributed by atoms with Gasteiger partial charge in [0.05, 0.1) is 10.6 Å². The molecule has 1 aliphatic rings. The maximum Gasteiger partial charge on any atom is 0.417 e. The molecule has 0 saturated carbocycles. The van der Waals surface area contributed by atoms with E-state index in [2.05, 4.69) is 4.98 Å². The van der Waals surface area contributed by atoms with E-state index in [9.17, 15) is 26.7 Å². The molecule has 0 atom stereocenters. The number of hydrogen-bond donors (Lipinski definition) is 0. The van der Waals surface area contributed by atoms with E-state index in [-0.39, 0.29) is 18.1 Å². The van der Waals surface area contributed by atoms with Crippen molar-refractivity contribution in [3.05, 3.63) is 74.7 Å². The van der Waals surface area contributed by atoms with E-state index in [0.29, 0.717) is 11.9 Å². The molecule has 1 aliphatic heterocycles. The first-order chi connectivity index (χ1) is 17.0. The summed E-state index contributed by atoms with van der Waals surface area (Å²) in [4.78, 5) is 18.1. The van der Waals surface area contributed by atoms with Crippen LogP contribution in [0.25, 0.3) is 0 Å². The minimum Gasteiger partial charge on any atom is -0.473 e. The summed E-state index contributed by atoms with van der Waals surface area (Å²) in [6, 6.07) is 5.96. The van der Waals surface area contributed by atoms with Crippen molar-refractivity contribution >= 4 is 29.2 Å². The molecule has 192 valence electrons. The summed E-state index contributed by atoms with van der Waals surface area (Å²) in [5.41, 5.74) is -1.68. The van der Waals surface area contributed by atoms with Crippen LogP contribution in [-0.2, 0) is 19.8 Å². The summed E-state index contributed by atoms with van der Waals surface area (Å²) in [6.07, 6.45) is -4.77. The average Bonchev–Trinajstić information content (AvgIpc) is 2.83. The van der Waals surface area contributed by atoms with E-state index in [0.717, 1.165) is 48.9 Å². The Morgan fingerprint density at radius 3 is 2.39 bits per heavy atom. The van der Waals surface area contributed by atoms with Crippen LogP contribution >= 0.6 is 23.4 Å². The number of alkyl halides is 3. The number of halogens is 6. The fourth-order valence-corrected chi connectivity index (χ4v) is 4.66. The number of hydrogen-bond acceptors (Lipinski definition) is 6. The zero-order chi connectivity index (χ0) is 26.0. The summed E-state index contributed by atoms with van der Waals surface area (Å²) in [5.74, 6) is -1.20. The lowest BCUT2D eigenvalue weighted by Crippen LogP contribution is -2.37. The van der Waals surface area contributed by atoms with Gasteiger partial charge in [-0.15, -0.1) is 0 Å². The molecule has 1 fully saturated rings. The number of rotatable bonds is 6. The van der Waals surface area contributed by atoms with E-state index in [1.165, 1.54) is 4.57 Å². The topological polar surface area (TPSA) is 56.6 Å². The fourth-order valence-electron chi connectivity index (χ4n) is 3.53. The van der Waals surface area contributed by atoms with Gasteiger partial charge in [0, 0.05) is 37.7 Å². The van der Waals surface area contributed by atoms with Crippen LogP contribution in [0.5, 0.6) is 17.4 Å². The number of nitrogens with zero attached hydrogens (tertiary/aromatic N) is 3. The molecule has 1 saturated heterocycles. The van der Waals surface area contributed by atoms with E-state index in [1.807, 2.05) is 16.7 Å². The molecular weight excluding hydrogens is 529 g/mol. The molecular formula is C23H19ClF5N3O3S. The molecule has 0 bridgehead atoms. The Kier molecular flexibility index (Phi) is 7.65. The van der Waals surface area contributed by atoms with Crippen LogP contribution in [0, 0.1) is 11.6 Å². The van der Waals surface area contributed by atoms with Gasteiger partial charge in [-0.1, -0.05) is 11.6 Å². The summed E-state index contributed by atoms with van der Waals surface area (Å²) >= 11 is 7.37. The van der Waals surface area contributed by atoms with Crippen molar-refractivity contribution in [2.45, 2.75) is 12.8 Å². The Bertz CT molecular complexity index is 1310. The minimum absolute atomic E-state index is 0.00619. The maximum atomic E-state index is 14.6. The molecule has 4 rings (SSSR count). The average molecular weight is 548 g/mol. The minimum atomic E-state index is -4.77. The third kappa shape index (κ3) is 5.86. The molecule has 1 aromatic heterocycles. The van der Waals surface area contributed by atoms with Crippen LogP contribution in [0.15, 0.2) is 41.2 Å². The zero-order valence-corrected chi connectivity index (χ0v) is 20.3.